The number of benzene rings is 3. The van der Waals surface area contributed by atoms with E-state index in [4.69, 9.17) is 0 Å². The summed E-state index contributed by atoms with van der Waals surface area (Å²) in [4.78, 5) is 48.8. The minimum atomic E-state index is -0.736. The molecule has 0 unspecified atom stereocenters. The number of imide groups is 1. The third-order valence-electron chi connectivity index (χ3n) is 5.00. The van der Waals surface area contributed by atoms with Crippen LogP contribution in [0.25, 0.3) is 0 Å². The van der Waals surface area contributed by atoms with Crippen LogP contribution in [0.15, 0.2) is 78.9 Å². The molecule has 0 saturated carbocycles. The van der Waals surface area contributed by atoms with Crippen molar-refractivity contribution in [3.63, 3.8) is 0 Å². The lowest BCUT2D eigenvalue weighted by Crippen LogP contribution is -2.43. The largest absolute Gasteiger partial charge is 0.373 e. The first kappa shape index (κ1) is 22.6. The molecule has 0 heterocycles. The predicted octanol–water partition coefficient (Wildman–Crippen LogP) is 4.07. The van der Waals surface area contributed by atoms with E-state index in [9.17, 15) is 19.2 Å². The monoisotopic (exact) mass is 428 g/mol. The van der Waals surface area contributed by atoms with Gasteiger partial charge < -0.3 is 5.32 Å². The molecule has 0 aliphatic heterocycles. The van der Waals surface area contributed by atoms with Crippen LogP contribution in [0.5, 0.6) is 0 Å². The van der Waals surface area contributed by atoms with Crippen molar-refractivity contribution in [1.29, 1.82) is 0 Å². The fourth-order valence-electron chi connectivity index (χ4n) is 3.21. The van der Waals surface area contributed by atoms with Gasteiger partial charge in [-0.1, -0.05) is 42.5 Å². The van der Waals surface area contributed by atoms with Gasteiger partial charge >= 0.3 is 0 Å². The molecule has 3 rings (SSSR count). The Kier molecular flexibility index (Phi) is 7.29. The lowest BCUT2D eigenvalue weighted by molar-refractivity contribution is -0.120. The third-order valence-corrected chi connectivity index (χ3v) is 5.00. The number of ketones is 2. The molecule has 2 amide bonds. The Morgan fingerprint density at radius 2 is 1.34 bits per heavy atom. The van der Waals surface area contributed by atoms with Gasteiger partial charge in [0.15, 0.2) is 11.6 Å². The first-order valence-corrected chi connectivity index (χ1v) is 10.2. The summed E-state index contributed by atoms with van der Waals surface area (Å²) >= 11 is 0. The minimum absolute atomic E-state index is 0.0477. The molecule has 0 aromatic heterocycles. The summed E-state index contributed by atoms with van der Waals surface area (Å²) in [5, 5.41) is 5.58. The number of nitrogens with one attached hydrogen (secondary N) is 2. The van der Waals surface area contributed by atoms with Gasteiger partial charge in [0, 0.05) is 28.8 Å². The molecule has 32 heavy (non-hydrogen) atoms. The number of Topliss-reactive ketones (excluding diaryl/α,β-unsaturated/α-hetero) is 2. The smallest absolute Gasteiger partial charge is 0.257 e. The number of anilines is 1. The van der Waals surface area contributed by atoms with Crippen LogP contribution < -0.4 is 10.6 Å². The van der Waals surface area contributed by atoms with Crippen LogP contribution in [0.1, 0.15) is 50.5 Å². The second-order valence-corrected chi connectivity index (χ2v) is 7.48. The van der Waals surface area contributed by atoms with E-state index in [0.717, 1.165) is 5.56 Å². The lowest BCUT2D eigenvalue weighted by Gasteiger charge is -2.19. The zero-order valence-electron chi connectivity index (χ0n) is 17.9. The Hall–Kier alpha value is -4.06. The van der Waals surface area contributed by atoms with Gasteiger partial charge in [-0.05, 0) is 55.8 Å². The maximum atomic E-state index is 13.0. The Morgan fingerprint density at radius 3 is 1.97 bits per heavy atom. The van der Waals surface area contributed by atoms with Gasteiger partial charge in [-0.2, -0.15) is 0 Å². The van der Waals surface area contributed by atoms with Crippen LogP contribution in [0.3, 0.4) is 0 Å². The number of hydrogen-bond acceptors (Lipinski definition) is 5. The first-order valence-electron chi connectivity index (χ1n) is 10.2. The van der Waals surface area contributed by atoms with E-state index in [2.05, 4.69) is 10.6 Å². The highest BCUT2D eigenvalue weighted by Gasteiger charge is 2.22. The number of carbonyl (C=O) groups is 4. The van der Waals surface area contributed by atoms with Crippen LogP contribution in [-0.4, -0.2) is 29.4 Å². The van der Waals surface area contributed by atoms with Gasteiger partial charge in [-0.25, -0.2) is 0 Å². The number of amides is 2. The molecule has 0 aliphatic carbocycles. The van der Waals surface area contributed by atoms with Gasteiger partial charge in [0.2, 0.25) is 5.91 Å². The normalized spacial score (nSPS) is 11.3. The molecule has 3 aromatic rings. The van der Waals surface area contributed by atoms with Crippen LogP contribution in [0, 0.1) is 0 Å². The molecule has 162 valence electrons. The van der Waals surface area contributed by atoms with E-state index in [1.165, 1.54) is 19.9 Å². The molecule has 2 N–H and O–H groups in total. The van der Waals surface area contributed by atoms with Crippen molar-refractivity contribution in [2.75, 3.05) is 5.32 Å². The maximum absolute atomic E-state index is 13.0. The standard InChI is InChI=1S/C26H24N2O4/c1-17(29)20-11-13-23(14-12-20)27-24(15-19-7-4-3-5-8-19)26(32)28-25(31)22-10-6-9-21(16-22)18(2)30/h3-14,16,24,27H,15H2,1-2H3,(H,28,31,32)/t24-/m0/s1. The zero-order chi connectivity index (χ0) is 23.1. The molecule has 1 atom stereocenters. The van der Waals surface area contributed by atoms with Crippen molar-refractivity contribution in [2.45, 2.75) is 26.3 Å². The molecule has 3 aromatic carbocycles. The summed E-state index contributed by atoms with van der Waals surface area (Å²) in [7, 11) is 0. The maximum Gasteiger partial charge on any atom is 0.257 e. The molecule has 6 heteroatoms. The summed E-state index contributed by atoms with van der Waals surface area (Å²) in [5.74, 6) is -1.29. The van der Waals surface area contributed by atoms with E-state index in [1.807, 2.05) is 30.3 Å². The van der Waals surface area contributed by atoms with Gasteiger partial charge in [-0.15, -0.1) is 0 Å². The van der Waals surface area contributed by atoms with E-state index in [-0.39, 0.29) is 17.1 Å². The van der Waals surface area contributed by atoms with Crippen molar-refractivity contribution in [2.24, 2.45) is 0 Å². The van der Waals surface area contributed by atoms with Gasteiger partial charge in [0.25, 0.3) is 5.91 Å². The Balaban J connectivity index is 1.79. The van der Waals surface area contributed by atoms with Gasteiger partial charge in [-0.3, -0.25) is 24.5 Å². The molecular formula is C26H24N2O4. The third kappa shape index (κ3) is 5.98. The number of hydrogen-bond donors (Lipinski definition) is 2. The Bertz CT molecular complexity index is 1140. The highest BCUT2D eigenvalue weighted by molar-refractivity contribution is 6.08. The summed E-state index contributed by atoms with van der Waals surface area (Å²) in [5.41, 5.74) is 2.77. The average Bonchev–Trinajstić information content (AvgIpc) is 2.79. The lowest BCUT2D eigenvalue weighted by atomic mass is 10.0. The second-order valence-electron chi connectivity index (χ2n) is 7.48. The van der Waals surface area contributed by atoms with Crippen molar-refractivity contribution in [3.05, 3.63) is 101 Å². The Morgan fingerprint density at radius 1 is 0.719 bits per heavy atom. The van der Waals surface area contributed by atoms with Crippen molar-refractivity contribution in [3.8, 4) is 0 Å². The molecular weight excluding hydrogens is 404 g/mol. The first-order chi connectivity index (χ1) is 15.3. The van der Waals surface area contributed by atoms with Crippen LogP contribution in [0.4, 0.5) is 5.69 Å². The molecule has 0 aliphatic rings. The highest BCUT2D eigenvalue weighted by Crippen LogP contribution is 2.14. The Labute approximate surface area is 186 Å². The van der Waals surface area contributed by atoms with Gasteiger partial charge in [0.05, 0.1) is 0 Å². The molecule has 0 fully saturated rings. The van der Waals surface area contributed by atoms with E-state index >= 15 is 0 Å². The fraction of sp³-hybridized carbons (Fsp3) is 0.154. The summed E-state index contributed by atoms with van der Waals surface area (Å²) in [6, 6.07) is 21.8. The number of rotatable bonds is 8. The van der Waals surface area contributed by atoms with Crippen LogP contribution in [0.2, 0.25) is 0 Å². The molecule has 0 bridgehead atoms. The average molecular weight is 428 g/mol. The summed E-state index contributed by atoms with van der Waals surface area (Å²) in [6.07, 6.45) is 0.349. The molecule has 0 radical (unpaired) electrons. The number of carbonyl (C=O) groups excluding carboxylic acids is 4. The van der Waals surface area contributed by atoms with Crippen LogP contribution >= 0.6 is 0 Å². The molecule has 0 saturated heterocycles. The predicted molar refractivity (Wildman–Crippen MR) is 123 cm³/mol. The van der Waals surface area contributed by atoms with E-state index in [0.29, 0.717) is 23.2 Å². The summed E-state index contributed by atoms with van der Waals surface area (Å²) in [6.45, 7) is 2.90. The van der Waals surface area contributed by atoms with Crippen molar-refractivity contribution < 1.29 is 19.2 Å². The zero-order valence-corrected chi connectivity index (χ0v) is 17.9. The minimum Gasteiger partial charge on any atom is -0.373 e. The summed E-state index contributed by atoms with van der Waals surface area (Å²) < 4.78 is 0. The van der Waals surface area contributed by atoms with Crippen LogP contribution in [-0.2, 0) is 11.2 Å². The van der Waals surface area contributed by atoms with E-state index < -0.39 is 17.9 Å². The molecule has 0 spiro atoms. The van der Waals surface area contributed by atoms with Crippen molar-refractivity contribution >= 4 is 29.1 Å². The fourth-order valence-corrected chi connectivity index (χ4v) is 3.21. The van der Waals surface area contributed by atoms with Crippen molar-refractivity contribution in [1.82, 2.24) is 5.32 Å². The van der Waals surface area contributed by atoms with Gasteiger partial charge in [0.1, 0.15) is 6.04 Å². The molecule has 6 nitrogen and oxygen atoms in total. The van der Waals surface area contributed by atoms with E-state index in [1.54, 1.807) is 42.5 Å². The topological polar surface area (TPSA) is 92.3 Å². The second kappa shape index (κ2) is 10.3. The highest BCUT2D eigenvalue weighted by atomic mass is 16.2. The quantitative estimate of drug-likeness (QED) is 0.528. The SMILES string of the molecule is CC(=O)c1ccc(N[C@@H](Cc2ccccc2)C(=O)NC(=O)c2cccc(C(C)=O)c2)cc1.